The molecule has 0 N–H and O–H groups in total. The highest BCUT2D eigenvalue weighted by atomic mass is 16.5. The average Bonchev–Trinajstić information content (AvgIpc) is 3.04. The highest BCUT2D eigenvalue weighted by Gasteiger charge is 2.50. The van der Waals surface area contributed by atoms with Gasteiger partial charge in [0.05, 0.1) is 5.69 Å². The lowest BCUT2D eigenvalue weighted by molar-refractivity contribution is -0.131. The molecule has 1 aromatic rings. The Bertz CT molecular complexity index is 640. The quantitative estimate of drug-likeness (QED) is 0.828. The number of ether oxygens (including phenoxy) is 1. The predicted molar refractivity (Wildman–Crippen MR) is 75.3 cm³/mol. The first-order valence-corrected chi connectivity index (χ1v) is 6.90. The largest absolute Gasteiger partial charge is 0.475 e. The van der Waals surface area contributed by atoms with E-state index in [0.29, 0.717) is 24.3 Å². The van der Waals surface area contributed by atoms with Crippen molar-refractivity contribution in [2.45, 2.75) is 37.7 Å². The number of nitriles is 1. The predicted octanol–water partition coefficient (Wildman–Crippen LogP) is 3.13. The second kappa shape index (κ2) is 4.68. The number of ketones is 1. The topological polar surface area (TPSA) is 55.0 Å². The number of hydrogen-bond acceptors (Lipinski definition) is 3. The molecule has 0 aromatic carbocycles. The molecule has 20 heavy (non-hydrogen) atoms. The second-order valence-corrected chi connectivity index (χ2v) is 5.29. The molecule has 0 radical (unpaired) electrons. The number of aromatic nitrogens is 1. The number of rotatable bonds is 2. The summed E-state index contributed by atoms with van der Waals surface area (Å²) in [5.74, 6) is 0.260. The fourth-order valence-corrected chi connectivity index (χ4v) is 3.10. The van der Waals surface area contributed by atoms with Gasteiger partial charge in [0.25, 0.3) is 0 Å². The molecule has 0 saturated heterocycles. The average molecular weight is 268 g/mol. The summed E-state index contributed by atoms with van der Waals surface area (Å²) in [4.78, 5) is 12.6. The molecular formula is C16H16N2O2. The highest BCUT2D eigenvalue weighted by molar-refractivity contribution is 6.13. The Balaban J connectivity index is 2.06. The van der Waals surface area contributed by atoms with Crippen LogP contribution in [0.15, 0.2) is 30.5 Å². The lowest BCUT2D eigenvalue weighted by atomic mass is 9.81. The molecule has 1 aliphatic heterocycles. The van der Waals surface area contributed by atoms with Crippen LogP contribution in [-0.2, 0) is 9.53 Å². The van der Waals surface area contributed by atoms with Crippen molar-refractivity contribution in [2.75, 3.05) is 0 Å². The zero-order chi connectivity index (χ0) is 14.2. The van der Waals surface area contributed by atoms with Gasteiger partial charge in [-0.25, -0.2) is 0 Å². The Labute approximate surface area is 118 Å². The van der Waals surface area contributed by atoms with E-state index >= 15 is 0 Å². The van der Waals surface area contributed by atoms with Crippen molar-refractivity contribution in [3.8, 4) is 6.07 Å². The molecule has 102 valence electrons. The maximum Gasteiger partial charge on any atom is 0.220 e. The molecular weight excluding hydrogens is 252 g/mol. The van der Waals surface area contributed by atoms with Gasteiger partial charge in [0, 0.05) is 12.4 Å². The summed E-state index contributed by atoms with van der Waals surface area (Å²) in [6, 6.07) is 5.72. The number of carbonyl (C=O) groups is 1. The van der Waals surface area contributed by atoms with Gasteiger partial charge in [0.2, 0.25) is 5.78 Å². The van der Waals surface area contributed by atoms with Crippen molar-refractivity contribution in [2.24, 2.45) is 0 Å². The molecule has 4 heteroatoms. The van der Waals surface area contributed by atoms with Crippen LogP contribution in [0.25, 0.3) is 12.0 Å². The van der Waals surface area contributed by atoms with Crippen LogP contribution in [0.5, 0.6) is 0 Å². The SMILES string of the molecule is C=Cn1cccc1C1=C(C#N)C(=O)C2(CCCCC2)O1. The molecule has 0 unspecified atom stereocenters. The summed E-state index contributed by atoms with van der Waals surface area (Å²) >= 11 is 0. The Morgan fingerprint density at radius 2 is 2.15 bits per heavy atom. The summed E-state index contributed by atoms with van der Waals surface area (Å²) < 4.78 is 7.80. The molecule has 0 amide bonds. The van der Waals surface area contributed by atoms with E-state index in [1.165, 1.54) is 0 Å². The van der Waals surface area contributed by atoms with E-state index in [4.69, 9.17) is 4.74 Å². The summed E-state index contributed by atoms with van der Waals surface area (Å²) in [5.41, 5.74) is 0.0654. The third-order valence-corrected chi connectivity index (χ3v) is 4.15. The molecule has 1 spiro atoms. The summed E-state index contributed by atoms with van der Waals surface area (Å²) in [6.45, 7) is 3.73. The maximum absolute atomic E-state index is 12.6. The van der Waals surface area contributed by atoms with Gasteiger partial charge in [-0.3, -0.25) is 4.79 Å². The monoisotopic (exact) mass is 268 g/mol. The van der Waals surface area contributed by atoms with Crippen molar-refractivity contribution in [1.82, 2.24) is 4.57 Å². The number of hydrogen-bond donors (Lipinski definition) is 0. The standard InChI is InChI=1S/C16H16N2O2/c1-2-18-10-6-7-13(18)14-12(11-17)15(19)16(20-14)8-4-3-5-9-16/h2,6-7,10H,1,3-5,8-9H2. The Hall–Kier alpha value is -2.28. The van der Waals surface area contributed by atoms with Crippen LogP contribution < -0.4 is 0 Å². The first kappa shape index (κ1) is 12.7. The molecule has 2 aliphatic rings. The fraction of sp³-hybridized carbons (Fsp3) is 0.375. The Morgan fingerprint density at radius 3 is 2.80 bits per heavy atom. The van der Waals surface area contributed by atoms with E-state index in [1.54, 1.807) is 10.8 Å². The lowest BCUT2D eigenvalue weighted by Gasteiger charge is -2.31. The smallest absolute Gasteiger partial charge is 0.220 e. The second-order valence-electron chi connectivity index (χ2n) is 5.29. The molecule has 4 nitrogen and oxygen atoms in total. The normalized spacial score (nSPS) is 20.9. The number of nitrogens with zero attached hydrogens (tertiary/aromatic N) is 2. The molecule has 1 fully saturated rings. The van der Waals surface area contributed by atoms with E-state index in [-0.39, 0.29) is 11.4 Å². The molecule has 1 aromatic heterocycles. The van der Waals surface area contributed by atoms with Crippen LogP contribution in [0.1, 0.15) is 37.8 Å². The molecule has 3 rings (SSSR count). The first-order chi connectivity index (χ1) is 9.72. The minimum absolute atomic E-state index is 0.147. The fourth-order valence-electron chi connectivity index (χ4n) is 3.10. The van der Waals surface area contributed by atoms with Gasteiger partial charge in [0.1, 0.15) is 11.6 Å². The van der Waals surface area contributed by atoms with E-state index in [2.05, 4.69) is 6.58 Å². The van der Waals surface area contributed by atoms with Crippen LogP contribution in [-0.4, -0.2) is 16.0 Å². The number of carbonyl (C=O) groups excluding carboxylic acids is 1. The van der Waals surface area contributed by atoms with Gasteiger partial charge in [-0.1, -0.05) is 13.0 Å². The van der Waals surface area contributed by atoms with Crippen molar-refractivity contribution in [3.05, 3.63) is 36.2 Å². The number of Topliss-reactive ketones (excluding diaryl/α,β-unsaturated/α-hetero) is 1. The highest BCUT2D eigenvalue weighted by Crippen LogP contribution is 2.44. The van der Waals surface area contributed by atoms with E-state index < -0.39 is 5.60 Å². The zero-order valence-electron chi connectivity index (χ0n) is 11.3. The van der Waals surface area contributed by atoms with Crippen molar-refractivity contribution in [3.63, 3.8) is 0 Å². The van der Waals surface area contributed by atoms with Gasteiger partial charge in [0.15, 0.2) is 11.4 Å². The summed E-state index contributed by atoms with van der Waals surface area (Å²) in [5, 5.41) is 9.34. The molecule has 1 aliphatic carbocycles. The maximum atomic E-state index is 12.6. The van der Waals surface area contributed by atoms with E-state index in [0.717, 1.165) is 19.3 Å². The first-order valence-electron chi connectivity index (χ1n) is 6.90. The van der Waals surface area contributed by atoms with Crippen molar-refractivity contribution >= 4 is 17.7 Å². The van der Waals surface area contributed by atoms with E-state index in [9.17, 15) is 10.1 Å². The summed E-state index contributed by atoms with van der Waals surface area (Å²) in [6.07, 6.45) is 7.94. The minimum Gasteiger partial charge on any atom is -0.475 e. The van der Waals surface area contributed by atoms with Crippen LogP contribution in [0.3, 0.4) is 0 Å². The minimum atomic E-state index is -0.797. The molecule has 0 atom stereocenters. The van der Waals surface area contributed by atoms with Gasteiger partial charge in [-0.2, -0.15) is 5.26 Å². The van der Waals surface area contributed by atoms with Crippen molar-refractivity contribution in [1.29, 1.82) is 5.26 Å². The zero-order valence-corrected chi connectivity index (χ0v) is 11.3. The van der Waals surface area contributed by atoms with Crippen LogP contribution >= 0.6 is 0 Å². The molecule has 0 bridgehead atoms. The molecule has 1 saturated carbocycles. The van der Waals surface area contributed by atoms with Gasteiger partial charge in [-0.15, -0.1) is 0 Å². The van der Waals surface area contributed by atoms with Crippen LogP contribution in [0.4, 0.5) is 0 Å². The Kier molecular flexibility index (Phi) is 2.98. The van der Waals surface area contributed by atoms with Gasteiger partial charge < -0.3 is 9.30 Å². The Morgan fingerprint density at radius 1 is 1.40 bits per heavy atom. The lowest BCUT2D eigenvalue weighted by Crippen LogP contribution is -2.39. The van der Waals surface area contributed by atoms with Crippen LogP contribution in [0, 0.1) is 11.3 Å². The molecule has 2 heterocycles. The van der Waals surface area contributed by atoms with Gasteiger partial charge >= 0.3 is 0 Å². The van der Waals surface area contributed by atoms with Gasteiger partial charge in [-0.05, 0) is 37.8 Å². The van der Waals surface area contributed by atoms with Crippen LogP contribution in [0.2, 0.25) is 0 Å². The van der Waals surface area contributed by atoms with E-state index in [1.807, 2.05) is 24.4 Å². The summed E-state index contributed by atoms with van der Waals surface area (Å²) in [7, 11) is 0. The third-order valence-electron chi connectivity index (χ3n) is 4.15. The third kappa shape index (κ3) is 1.70. The van der Waals surface area contributed by atoms with Crippen molar-refractivity contribution < 1.29 is 9.53 Å².